The van der Waals surface area contributed by atoms with Gasteiger partial charge >= 0.3 is 0 Å². The summed E-state index contributed by atoms with van der Waals surface area (Å²) in [6.07, 6.45) is 0.359. The number of amides is 1. The number of benzene rings is 3. The fourth-order valence-electron chi connectivity index (χ4n) is 2.81. The number of nitrogens with one attached hydrogen (secondary N) is 1. The van der Waals surface area contributed by atoms with Gasteiger partial charge in [-0.3, -0.25) is 4.79 Å². The van der Waals surface area contributed by atoms with E-state index in [0.717, 1.165) is 33.5 Å². The van der Waals surface area contributed by atoms with E-state index in [1.807, 2.05) is 48.5 Å². The second-order valence-corrected chi connectivity index (χ2v) is 7.00. The summed E-state index contributed by atoms with van der Waals surface area (Å²) >= 11 is 1.80. The van der Waals surface area contributed by atoms with E-state index >= 15 is 0 Å². The van der Waals surface area contributed by atoms with E-state index in [1.165, 1.54) is 4.90 Å². The molecule has 0 aliphatic rings. The number of thioether (sulfide) groups is 1. The topological polar surface area (TPSA) is 38.3 Å². The maximum Gasteiger partial charge on any atom is 0.228 e. The lowest BCUT2D eigenvalue weighted by atomic mass is 10.1. The van der Waals surface area contributed by atoms with Crippen molar-refractivity contribution in [1.82, 2.24) is 0 Å². The smallest absolute Gasteiger partial charge is 0.228 e. The van der Waals surface area contributed by atoms with Gasteiger partial charge in [-0.25, -0.2) is 0 Å². The zero-order valence-corrected chi connectivity index (χ0v) is 15.2. The van der Waals surface area contributed by atoms with E-state index in [9.17, 15) is 4.79 Å². The number of hydrogen-bond acceptors (Lipinski definition) is 3. The lowest BCUT2D eigenvalue weighted by Crippen LogP contribution is -2.14. The standard InChI is InChI=1S/C21H21NO2S/c1-3-25-16-10-8-15(9-11-16)14-21(23)22-19-12-13-20(24-2)18-7-5-4-6-17(18)19/h4-13H,3,14H2,1-2H3,(H,22,23). The summed E-state index contributed by atoms with van der Waals surface area (Å²) in [5.74, 6) is 1.83. The summed E-state index contributed by atoms with van der Waals surface area (Å²) in [7, 11) is 1.65. The largest absolute Gasteiger partial charge is 0.496 e. The Bertz CT molecular complexity index is 875. The van der Waals surface area contributed by atoms with Gasteiger partial charge in [-0.05, 0) is 35.6 Å². The van der Waals surface area contributed by atoms with Crippen LogP contribution in [-0.2, 0) is 11.2 Å². The molecule has 3 rings (SSSR count). The Labute approximate surface area is 152 Å². The van der Waals surface area contributed by atoms with E-state index in [4.69, 9.17) is 4.74 Å². The highest BCUT2D eigenvalue weighted by Crippen LogP contribution is 2.31. The number of rotatable bonds is 6. The Balaban J connectivity index is 1.76. The predicted octanol–water partition coefficient (Wildman–Crippen LogP) is 5.14. The average Bonchev–Trinajstić information content (AvgIpc) is 2.64. The Morgan fingerprint density at radius 1 is 1.00 bits per heavy atom. The Morgan fingerprint density at radius 3 is 2.40 bits per heavy atom. The number of methoxy groups -OCH3 is 1. The molecule has 0 aliphatic heterocycles. The summed E-state index contributed by atoms with van der Waals surface area (Å²) in [5, 5.41) is 4.99. The molecule has 0 spiro atoms. The van der Waals surface area contributed by atoms with Gasteiger partial charge in [-0.1, -0.05) is 43.3 Å². The van der Waals surface area contributed by atoms with Gasteiger partial charge in [0.05, 0.1) is 13.5 Å². The number of carbonyl (C=O) groups is 1. The van der Waals surface area contributed by atoms with Crippen LogP contribution in [-0.4, -0.2) is 18.8 Å². The second-order valence-electron chi connectivity index (χ2n) is 5.66. The fraction of sp³-hybridized carbons (Fsp3) is 0.190. The Morgan fingerprint density at radius 2 is 1.72 bits per heavy atom. The number of carbonyl (C=O) groups excluding carboxylic acids is 1. The monoisotopic (exact) mass is 351 g/mol. The van der Waals surface area contributed by atoms with Crippen LogP contribution in [0.2, 0.25) is 0 Å². The van der Waals surface area contributed by atoms with Gasteiger partial charge in [-0.15, -0.1) is 11.8 Å². The summed E-state index contributed by atoms with van der Waals surface area (Å²) in [6.45, 7) is 2.13. The van der Waals surface area contributed by atoms with E-state index in [-0.39, 0.29) is 5.91 Å². The van der Waals surface area contributed by atoms with Crippen molar-refractivity contribution in [3.63, 3.8) is 0 Å². The van der Waals surface area contributed by atoms with Crippen LogP contribution >= 0.6 is 11.8 Å². The number of hydrogen-bond donors (Lipinski definition) is 1. The van der Waals surface area contributed by atoms with E-state index in [2.05, 4.69) is 24.4 Å². The first-order valence-corrected chi connectivity index (χ1v) is 9.27. The highest BCUT2D eigenvalue weighted by Gasteiger charge is 2.09. The maximum atomic E-state index is 12.4. The second kappa shape index (κ2) is 8.08. The molecular formula is C21H21NO2S. The normalized spacial score (nSPS) is 10.6. The minimum atomic E-state index is -0.0220. The molecule has 0 heterocycles. The van der Waals surface area contributed by atoms with Crippen LogP contribution in [0.4, 0.5) is 5.69 Å². The summed E-state index contributed by atoms with van der Waals surface area (Å²) in [4.78, 5) is 13.7. The van der Waals surface area contributed by atoms with Crippen molar-refractivity contribution in [2.75, 3.05) is 18.2 Å². The Kier molecular flexibility index (Phi) is 5.61. The van der Waals surface area contributed by atoms with Crippen LogP contribution in [0.3, 0.4) is 0 Å². The highest BCUT2D eigenvalue weighted by molar-refractivity contribution is 7.99. The molecule has 3 aromatic carbocycles. The molecule has 0 saturated heterocycles. The molecule has 25 heavy (non-hydrogen) atoms. The summed E-state index contributed by atoms with van der Waals surface area (Å²) < 4.78 is 5.40. The molecule has 1 amide bonds. The third-order valence-corrected chi connectivity index (χ3v) is 4.87. The lowest BCUT2D eigenvalue weighted by molar-refractivity contribution is -0.115. The highest BCUT2D eigenvalue weighted by atomic mass is 32.2. The SMILES string of the molecule is CCSc1ccc(CC(=O)Nc2ccc(OC)c3ccccc23)cc1. The van der Waals surface area contributed by atoms with E-state index < -0.39 is 0 Å². The number of anilines is 1. The van der Waals surface area contributed by atoms with Crippen molar-refractivity contribution in [1.29, 1.82) is 0 Å². The third-order valence-electron chi connectivity index (χ3n) is 3.98. The van der Waals surface area contributed by atoms with Crippen LogP contribution in [0.5, 0.6) is 5.75 Å². The minimum absolute atomic E-state index is 0.0220. The van der Waals surface area contributed by atoms with E-state index in [0.29, 0.717) is 6.42 Å². The molecule has 3 nitrogen and oxygen atoms in total. The average molecular weight is 351 g/mol. The molecule has 0 aliphatic carbocycles. The third kappa shape index (κ3) is 4.15. The molecule has 0 atom stereocenters. The van der Waals surface area contributed by atoms with Crippen molar-refractivity contribution in [2.24, 2.45) is 0 Å². The van der Waals surface area contributed by atoms with Gasteiger partial charge in [0, 0.05) is 21.4 Å². The van der Waals surface area contributed by atoms with Crippen LogP contribution in [0, 0.1) is 0 Å². The number of fused-ring (bicyclic) bond motifs is 1. The van der Waals surface area contributed by atoms with Crippen molar-refractivity contribution in [3.8, 4) is 5.75 Å². The van der Waals surface area contributed by atoms with Crippen LogP contribution in [0.15, 0.2) is 65.6 Å². The van der Waals surface area contributed by atoms with Crippen LogP contribution < -0.4 is 10.1 Å². The van der Waals surface area contributed by atoms with Gasteiger partial charge in [0.15, 0.2) is 0 Å². The Hall–Kier alpha value is -2.46. The van der Waals surface area contributed by atoms with Crippen molar-refractivity contribution < 1.29 is 9.53 Å². The van der Waals surface area contributed by atoms with Gasteiger partial charge < -0.3 is 10.1 Å². The molecule has 0 radical (unpaired) electrons. The lowest BCUT2D eigenvalue weighted by Gasteiger charge is -2.12. The first-order valence-electron chi connectivity index (χ1n) is 8.28. The van der Waals surface area contributed by atoms with Crippen LogP contribution in [0.1, 0.15) is 12.5 Å². The predicted molar refractivity (Wildman–Crippen MR) is 106 cm³/mol. The van der Waals surface area contributed by atoms with Crippen molar-refractivity contribution in [2.45, 2.75) is 18.2 Å². The molecule has 0 unspecified atom stereocenters. The summed E-state index contributed by atoms with van der Waals surface area (Å²) in [6, 6.07) is 19.9. The minimum Gasteiger partial charge on any atom is -0.496 e. The number of ether oxygens (including phenoxy) is 1. The molecule has 128 valence electrons. The quantitative estimate of drug-likeness (QED) is 0.625. The van der Waals surface area contributed by atoms with Gasteiger partial charge in [0.2, 0.25) is 5.91 Å². The van der Waals surface area contributed by atoms with Gasteiger partial charge in [0.1, 0.15) is 5.75 Å². The zero-order chi connectivity index (χ0) is 17.6. The molecule has 0 fully saturated rings. The fourth-order valence-corrected chi connectivity index (χ4v) is 3.47. The van der Waals surface area contributed by atoms with Crippen molar-refractivity contribution >= 4 is 34.1 Å². The van der Waals surface area contributed by atoms with E-state index in [1.54, 1.807) is 18.9 Å². The molecule has 1 N–H and O–H groups in total. The van der Waals surface area contributed by atoms with Crippen LogP contribution in [0.25, 0.3) is 10.8 Å². The van der Waals surface area contributed by atoms with Crippen molar-refractivity contribution in [3.05, 3.63) is 66.2 Å². The first kappa shape index (κ1) is 17.4. The van der Waals surface area contributed by atoms with Gasteiger partial charge in [-0.2, -0.15) is 0 Å². The van der Waals surface area contributed by atoms with Gasteiger partial charge in [0.25, 0.3) is 0 Å². The molecule has 3 aromatic rings. The molecule has 0 saturated carbocycles. The molecule has 0 aromatic heterocycles. The molecule has 0 bridgehead atoms. The molecular weight excluding hydrogens is 330 g/mol. The summed E-state index contributed by atoms with van der Waals surface area (Å²) in [5.41, 5.74) is 1.82. The first-order chi connectivity index (χ1) is 12.2. The zero-order valence-electron chi connectivity index (χ0n) is 14.4. The molecule has 4 heteroatoms. The maximum absolute atomic E-state index is 12.4.